The molecule has 0 amide bonds. The third-order valence-corrected chi connectivity index (χ3v) is 5.64. The number of pyridine rings is 1. The molecule has 0 fully saturated rings. The minimum Gasteiger partial charge on any atom is -0.263 e. The van der Waals surface area contributed by atoms with Gasteiger partial charge in [-0.05, 0) is 25.1 Å². The third kappa shape index (κ3) is 4.04. The maximum Gasteiger partial charge on any atom is 0.289 e. The minimum absolute atomic E-state index is 0.0341. The molecule has 146 valence electrons. The molecule has 0 saturated carbocycles. The van der Waals surface area contributed by atoms with E-state index in [1.165, 1.54) is 23.0 Å². The highest BCUT2D eigenvalue weighted by molar-refractivity contribution is 7.92. The molecule has 3 rings (SSSR count). The van der Waals surface area contributed by atoms with E-state index in [2.05, 4.69) is 14.8 Å². The van der Waals surface area contributed by atoms with Crippen molar-refractivity contribution in [3.8, 4) is 5.82 Å². The molecule has 2 heterocycles. The van der Waals surface area contributed by atoms with Gasteiger partial charge in [-0.25, -0.2) is 13.4 Å². The lowest BCUT2D eigenvalue weighted by Gasteiger charge is -2.11. The quantitative estimate of drug-likeness (QED) is 0.447. The maximum absolute atomic E-state index is 12.7. The summed E-state index contributed by atoms with van der Waals surface area (Å²) in [5.41, 5.74) is -0.0516. The summed E-state index contributed by atoms with van der Waals surface area (Å²) in [4.78, 5) is 14.0. The fourth-order valence-corrected chi connectivity index (χ4v) is 3.99. The van der Waals surface area contributed by atoms with Gasteiger partial charge < -0.3 is 0 Å². The molecule has 0 aliphatic rings. The molecule has 0 bridgehead atoms. The second kappa shape index (κ2) is 7.55. The van der Waals surface area contributed by atoms with Crippen LogP contribution >= 0.6 is 34.8 Å². The third-order valence-electron chi connectivity index (χ3n) is 3.48. The average Bonchev–Trinajstić information content (AvgIpc) is 2.94. The predicted octanol–water partition coefficient (Wildman–Crippen LogP) is 4.24. The number of nitro benzene ring substituents is 1. The lowest BCUT2D eigenvalue weighted by Crippen LogP contribution is -2.16. The van der Waals surface area contributed by atoms with Gasteiger partial charge in [-0.3, -0.25) is 14.8 Å². The smallest absolute Gasteiger partial charge is 0.263 e. The number of aryl methyl sites for hydroxylation is 1. The topological polar surface area (TPSA) is 120 Å². The highest BCUT2D eigenvalue weighted by Crippen LogP contribution is 2.29. The Morgan fingerprint density at radius 3 is 2.50 bits per heavy atom. The fourth-order valence-electron chi connectivity index (χ4n) is 2.29. The van der Waals surface area contributed by atoms with Gasteiger partial charge in [-0.2, -0.15) is 9.78 Å². The molecule has 28 heavy (non-hydrogen) atoms. The zero-order valence-electron chi connectivity index (χ0n) is 13.9. The number of anilines is 1. The minimum atomic E-state index is -4.20. The Morgan fingerprint density at radius 1 is 1.14 bits per heavy atom. The lowest BCUT2D eigenvalue weighted by atomic mass is 10.3. The van der Waals surface area contributed by atoms with Crippen LogP contribution in [0.5, 0.6) is 0 Å². The van der Waals surface area contributed by atoms with Gasteiger partial charge in [0, 0.05) is 18.3 Å². The fraction of sp³-hybridized carbons (Fsp3) is 0.0667. The molecule has 3 aromatic rings. The number of nitro groups is 1. The molecule has 0 aliphatic carbocycles. The van der Waals surface area contributed by atoms with E-state index in [1.807, 2.05) is 0 Å². The summed E-state index contributed by atoms with van der Waals surface area (Å²) in [6.45, 7) is 1.64. The molecule has 13 heteroatoms. The number of hydrogen-bond acceptors (Lipinski definition) is 6. The van der Waals surface area contributed by atoms with Crippen LogP contribution in [0.25, 0.3) is 5.82 Å². The summed E-state index contributed by atoms with van der Waals surface area (Å²) < 4.78 is 29.0. The van der Waals surface area contributed by atoms with E-state index in [4.69, 9.17) is 34.8 Å². The Kier molecular flexibility index (Phi) is 5.48. The van der Waals surface area contributed by atoms with E-state index in [-0.39, 0.29) is 26.6 Å². The molecule has 0 saturated heterocycles. The summed E-state index contributed by atoms with van der Waals surface area (Å²) in [7, 11) is -4.20. The number of nitrogens with zero attached hydrogens (tertiary/aromatic N) is 4. The summed E-state index contributed by atoms with van der Waals surface area (Å²) in [5.74, 6) is 0.186. The first-order chi connectivity index (χ1) is 13.1. The van der Waals surface area contributed by atoms with E-state index in [9.17, 15) is 18.5 Å². The van der Waals surface area contributed by atoms with Gasteiger partial charge in [0.25, 0.3) is 15.7 Å². The zero-order valence-corrected chi connectivity index (χ0v) is 17.0. The molecular formula is C15H10Cl3N5O4S. The average molecular weight is 463 g/mol. The normalized spacial score (nSPS) is 11.4. The number of halogens is 3. The second-order valence-corrected chi connectivity index (χ2v) is 8.45. The van der Waals surface area contributed by atoms with E-state index in [0.29, 0.717) is 10.7 Å². The van der Waals surface area contributed by atoms with Crippen molar-refractivity contribution in [1.82, 2.24) is 14.8 Å². The Balaban J connectivity index is 2.05. The second-order valence-electron chi connectivity index (χ2n) is 5.52. The summed E-state index contributed by atoms with van der Waals surface area (Å²) in [5, 5.41) is 15.5. The molecule has 1 N–H and O–H groups in total. The first-order valence-electron chi connectivity index (χ1n) is 7.43. The SMILES string of the molecule is Cc1cc(NS(=O)(=O)c2ccc(Cl)c([N+](=O)[O-])c2)n(-c2ncc(Cl)cc2Cl)n1. The standard InChI is InChI=1S/C15H10Cl3N5O4S/c1-8-4-14(22(20-8)15-12(18)5-9(16)7-19-15)21-28(26,27)10-2-3-11(17)13(6-10)23(24)25/h2-7,21H,1H3. The monoisotopic (exact) mass is 461 g/mol. The van der Waals surface area contributed by atoms with E-state index in [1.54, 1.807) is 6.92 Å². The van der Waals surface area contributed by atoms with E-state index in [0.717, 1.165) is 18.2 Å². The van der Waals surface area contributed by atoms with Gasteiger partial charge in [-0.1, -0.05) is 34.8 Å². The van der Waals surface area contributed by atoms with Crippen LogP contribution in [0.4, 0.5) is 11.5 Å². The van der Waals surface area contributed by atoms with Gasteiger partial charge in [0.2, 0.25) is 0 Å². The van der Waals surface area contributed by atoms with Gasteiger partial charge in [0.05, 0.1) is 25.6 Å². The molecule has 9 nitrogen and oxygen atoms in total. The van der Waals surface area contributed by atoms with Crippen LogP contribution in [0.15, 0.2) is 41.4 Å². The van der Waals surface area contributed by atoms with Crippen molar-refractivity contribution in [1.29, 1.82) is 0 Å². The summed E-state index contributed by atoms with van der Waals surface area (Å²) in [6, 6.07) is 6.04. The first kappa shape index (κ1) is 20.3. The Labute approximate surface area is 174 Å². The van der Waals surface area contributed by atoms with Crippen molar-refractivity contribution in [2.45, 2.75) is 11.8 Å². The summed E-state index contributed by atoms with van der Waals surface area (Å²) in [6.07, 6.45) is 1.33. The van der Waals surface area contributed by atoms with Crippen molar-refractivity contribution in [2.75, 3.05) is 4.72 Å². The number of benzene rings is 1. The highest BCUT2D eigenvalue weighted by atomic mass is 35.5. The number of aromatic nitrogens is 3. The van der Waals surface area contributed by atoms with E-state index < -0.39 is 20.6 Å². The largest absolute Gasteiger partial charge is 0.289 e. The van der Waals surface area contributed by atoms with Crippen molar-refractivity contribution < 1.29 is 13.3 Å². The van der Waals surface area contributed by atoms with Crippen LogP contribution in [-0.4, -0.2) is 28.1 Å². The van der Waals surface area contributed by atoms with Crippen LogP contribution in [0.3, 0.4) is 0 Å². The number of hydrogen-bond donors (Lipinski definition) is 1. The molecule has 0 unspecified atom stereocenters. The Hall–Kier alpha value is -2.40. The van der Waals surface area contributed by atoms with Crippen LogP contribution in [0, 0.1) is 17.0 Å². The first-order valence-corrected chi connectivity index (χ1v) is 10.0. The molecule has 1 aromatic carbocycles. The molecule has 0 spiro atoms. The molecule has 0 aliphatic heterocycles. The zero-order chi connectivity index (χ0) is 20.6. The van der Waals surface area contributed by atoms with Gasteiger partial charge in [0.1, 0.15) is 10.8 Å². The Morgan fingerprint density at radius 2 is 1.86 bits per heavy atom. The van der Waals surface area contributed by atoms with Crippen LogP contribution in [0.2, 0.25) is 15.1 Å². The van der Waals surface area contributed by atoms with Gasteiger partial charge in [0.15, 0.2) is 5.82 Å². The number of nitrogens with one attached hydrogen (secondary N) is 1. The maximum atomic E-state index is 12.7. The number of rotatable bonds is 5. The molecule has 2 aromatic heterocycles. The highest BCUT2D eigenvalue weighted by Gasteiger charge is 2.23. The van der Waals surface area contributed by atoms with Crippen molar-refractivity contribution in [3.05, 3.63) is 67.4 Å². The van der Waals surface area contributed by atoms with Crippen LogP contribution < -0.4 is 4.72 Å². The predicted molar refractivity (Wildman–Crippen MR) is 105 cm³/mol. The molecule has 0 radical (unpaired) electrons. The van der Waals surface area contributed by atoms with Crippen molar-refractivity contribution in [3.63, 3.8) is 0 Å². The van der Waals surface area contributed by atoms with Gasteiger partial charge >= 0.3 is 0 Å². The lowest BCUT2D eigenvalue weighted by molar-refractivity contribution is -0.384. The molecule has 0 atom stereocenters. The van der Waals surface area contributed by atoms with Crippen LogP contribution in [-0.2, 0) is 10.0 Å². The molecular weight excluding hydrogens is 453 g/mol. The van der Waals surface area contributed by atoms with Crippen molar-refractivity contribution >= 4 is 56.3 Å². The van der Waals surface area contributed by atoms with E-state index >= 15 is 0 Å². The number of sulfonamides is 1. The van der Waals surface area contributed by atoms with Gasteiger partial charge in [-0.15, -0.1) is 0 Å². The Bertz CT molecular complexity index is 1200. The summed E-state index contributed by atoms with van der Waals surface area (Å²) >= 11 is 17.7. The van der Waals surface area contributed by atoms with Crippen molar-refractivity contribution in [2.24, 2.45) is 0 Å². The van der Waals surface area contributed by atoms with Crippen LogP contribution in [0.1, 0.15) is 5.69 Å².